The van der Waals surface area contributed by atoms with Crippen molar-refractivity contribution in [1.82, 2.24) is 14.5 Å². The predicted octanol–water partition coefficient (Wildman–Crippen LogP) is 3.59. The monoisotopic (exact) mass is 271 g/mol. The van der Waals surface area contributed by atoms with Crippen LogP contribution in [0.5, 0.6) is 0 Å². The number of imidazole rings is 1. The lowest BCUT2D eigenvalue weighted by molar-refractivity contribution is 0.247. The van der Waals surface area contributed by atoms with Crippen LogP contribution in [0.15, 0.2) is 36.7 Å². The Morgan fingerprint density at radius 1 is 1.20 bits per heavy atom. The Kier molecular flexibility index (Phi) is 4.96. The molecular formula is C17H25N3. The van der Waals surface area contributed by atoms with Gasteiger partial charge in [-0.3, -0.25) is 0 Å². The van der Waals surface area contributed by atoms with Crippen molar-refractivity contribution in [2.75, 3.05) is 14.1 Å². The third-order valence-electron chi connectivity index (χ3n) is 3.91. The largest absolute Gasteiger partial charge is 0.333 e. The fourth-order valence-electron chi connectivity index (χ4n) is 2.58. The van der Waals surface area contributed by atoms with Crippen LogP contribution < -0.4 is 0 Å². The number of nitrogens with zero attached hydrogens (tertiary/aromatic N) is 3. The van der Waals surface area contributed by atoms with E-state index in [1.807, 2.05) is 12.4 Å². The molecule has 1 aromatic heterocycles. The molecule has 2 aromatic rings. The first-order valence-corrected chi connectivity index (χ1v) is 7.37. The molecule has 1 aromatic carbocycles. The number of aromatic nitrogens is 2. The number of hydrogen-bond acceptors (Lipinski definition) is 2. The van der Waals surface area contributed by atoms with E-state index in [1.54, 1.807) is 0 Å². The van der Waals surface area contributed by atoms with Gasteiger partial charge in [-0.15, -0.1) is 0 Å². The Hall–Kier alpha value is -1.61. The van der Waals surface area contributed by atoms with E-state index in [-0.39, 0.29) is 0 Å². The summed E-state index contributed by atoms with van der Waals surface area (Å²) in [6, 6.07) is 11.0. The average Bonchev–Trinajstić information content (AvgIpc) is 2.80. The van der Waals surface area contributed by atoms with Crippen LogP contribution in [0.3, 0.4) is 0 Å². The molecule has 1 unspecified atom stereocenters. The number of likely N-dealkylation sites (N-methyl/N-ethyl adjacent to an activating group) is 1. The van der Waals surface area contributed by atoms with E-state index in [0.29, 0.717) is 6.04 Å². The summed E-state index contributed by atoms with van der Waals surface area (Å²) in [5, 5.41) is 0. The van der Waals surface area contributed by atoms with Gasteiger partial charge in [-0.2, -0.15) is 0 Å². The van der Waals surface area contributed by atoms with Crippen molar-refractivity contribution in [3.8, 4) is 11.3 Å². The second-order valence-electron chi connectivity index (χ2n) is 5.60. The molecule has 0 saturated carbocycles. The molecule has 0 saturated heterocycles. The van der Waals surface area contributed by atoms with Gasteiger partial charge in [0, 0.05) is 23.8 Å². The van der Waals surface area contributed by atoms with Gasteiger partial charge in [-0.05, 0) is 27.4 Å². The molecule has 0 bridgehead atoms. The smallest absolute Gasteiger partial charge is 0.0956 e. The Labute approximate surface area is 122 Å². The molecule has 1 heterocycles. The summed E-state index contributed by atoms with van der Waals surface area (Å²) in [6.45, 7) is 5.41. The number of benzene rings is 1. The van der Waals surface area contributed by atoms with Gasteiger partial charge in [0.1, 0.15) is 0 Å². The van der Waals surface area contributed by atoms with Gasteiger partial charge in [-0.25, -0.2) is 4.98 Å². The molecule has 0 aliphatic heterocycles. The van der Waals surface area contributed by atoms with Gasteiger partial charge in [0.2, 0.25) is 0 Å². The van der Waals surface area contributed by atoms with E-state index in [0.717, 1.165) is 12.2 Å². The molecule has 0 N–H and O–H groups in total. The van der Waals surface area contributed by atoms with Crippen LogP contribution in [0.25, 0.3) is 11.3 Å². The quantitative estimate of drug-likeness (QED) is 0.800. The molecule has 2 rings (SSSR count). The fraction of sp³-hybridized carbons (Fsp3) is 0.471. The molecule has 0 radical (unpaired) electrons. The van der Waals surface area contributed by atoms with E-state index >= 15 is 0 Å². The minimum atomic E-state index is 0.566. The minimum Gasteiger partial charge on any atom is -0.333 e. The first-order chi connectivity index (χ1) is 9.63. The Bertz CT molecular complexity index is 528. The van der Waals surface area contributed by atoms with Crippen LogP contribution in [0.4, 0.5) is 0 Å². The van der Waals surface area contributed by atoms with Crippen LogP contribution in [-0.4, -0.2) is 34.6 Å². The lowest BCUT2D eigenvalue weighted by Crippen LogP contribution is -2.32. The Morgan fingerprint density at radius 3 is 2.50 bits per heavy atom. The van der Waals surface area contributed by atoms with Crippen LogP contribution in [0, 0.1) is 6.92 Å². The topological polar surface area (TPSA) is 21.1 Å². The molecule has 0 amide bonds. The first kappa shape index (κ1) is 14.8. The summed E-state index contributed by atoms with van der Waals surface area (Å²) < 4.78 is 2.28. The number of rotatable bonds is 6. The zero-order chi connectivity index (χ0) is 14.5. The second kappa shape index (κ2) is 6.71. The molecule has 3 nitrogen and oxygen atoms in total. The highest BCUT2D eigenvalue weighted by Crippen LogP contribution is 2.22. The predicted molar refractivity (Wildman–Crippen MR) is 84.8 cm³/mol. The number of hydrogen-bond donors (Lipinski definition) is 0. The molecule has 0 fully saturated rings. The Balaban J connectivity index is 2.21. The van der Waals surface area contributed by atoms with Crippen LogP contribution in [-0.2, 0) is 6.54 Å². The Morgan fingerprint density at radius 2 is 1.90 bits per heavy atom. The van der Waals surface area contributed by atoms with Crippen molar-refractivity contribution in [1.29, 1.82) is 0 Å². The first-order valence-electron chi connectivity index (χ1n) is 7.37. The summed E-state index contributed by atoms with van der Waals surface area (Å²) in [4.78, 5) is 6.91. The van der Waals surface area contributed by atoms with Crippen molar-refractivity contribution in [3.63, 3.8) is 0 Å². The molecule has 0 aliphatic rings. The lowest BCUT2D eigenvalue weighted by atomic mass is 10.1. The highest BCUT2D eigenvalue weighted by molar-refractivity contribution is 5.61. The van der Waals surface area contributed by atoms with Gasteiger partial charge in [-0.1, -0.05) is 43.7 Å². The van der Waals surface area contributed by atoms with Crippen molar-refractivity contribution >= 4 is 0 Å². The van der Waals surface area contributed by atoms with Gasteiger partial charge in [0.15, 0.2) is 0 Å². The van der Waals surface area contributed by atoms with Gasteiger partial charge in [0.05, 0.1) is 12.0 Å². The SMILES string of the molecule is CCCC(Cn1cnc(-c2ccccc2)c1C)N(C)C. The molecule has 1 atom stereocenters. The highest BCUT2D eigenvalue weighted by Gasteiger charge is 2.14. The molecule has 3 heteroatoms. The standard InChI is InChI=1S/C17H25N3/c1-5-9-16(19(3)4)12-20-13-18-17(14(20)2)15-10-7-6-8-11-15/h6-8,10-11,13,16H,5,9,12H2,1-4H3. The van der Waals surface area contributed by atoms with Crippen molar-refractivity contribution in [2.45, 2.75) is 39.3 Å². The van der Waals surface area contributed by atoms with E-state index < -0.39 is 0 Å². The van der Waals surface area contributed by atoms with Crippen LogP contribution in [0.2, 0.25) is 0 Å². The summed E-state index contributed by atoms with van der Waals surface area (Å²) in [5.41, 5.74) is 3.54. The second-order valence-corrected chi connectivity index (χ2v) is 5.60. The molecule has 0 aliphatic carbocycles. The van der Waals surface area contributed by atoms with Crippen molar-refractivity contribution in [2.24, 2.45) is 0 Å². The molecule has 108 valence electrons. The lowest BCUT2D eigenvalue weighted by Gasteiger charge is -2.24. The maximum Gasteiger partial charge on any atom is 0.0956 e. The van der Waals surface area contributed by atoms with Crippen molar-refractivity contribution in [3.05, 3.63) is 42.4 Å². The third kappa shape index (κ3) is 3.28. The van der Waals surface area contributed by atoms with Crippen LogP contribution >= 0.6 is 0 Å². The molecule has 0 spiro atoms. The normalized spacial score (nSPS) is 12.8. The maximum absolute atomic E-state index is 4.60. The van der Waals surface area contributed by atoms with Gasteiger partial charge >= 0.3 is 0 Å². The average molecular weight is 271 g/mol. The van der Waals surface area contributed by atoms with E-state index in [9.17, 15) is 0 Å². The summed E-state index contributed by atoms with van der Waals surface area (Å²) in [5.74, 6) is 0. The zero-order valence-electron chi connectivity index (χ0n) is 13.0. The van der Waals surface area contributed by atoms with E-state index in [1.165, 1.54) is 24.1 Å². The van der Waals surface area contributed by atoms with Crippen molar-refractivity contribution < 1.29 is 0 Å². The van der Waals surface area contributed by atoms with Crippen LogP contribution in [0.1, 0.15) is 25.5 Å². The fourth-order valence-corrected chi connectivity index (χ4v) is 2.58. The minimum absolute atomic E-state index is 0.566. The summed E-state index contributed by atoms with van der Waals surface area (Å²) in [6.07, 6.45) is 4.40. The van der Waals surface area contributed by atoms with Gasteiger partial charge in [0.25, 0.3) is 0 Å². The highest BCUT2D eigenvalue weighted by atomic mass is 15.2. The summed E-state index contributed by atoms with van der Waals surface area (Å²) >= 11 is 0. The molecule has 20 heavy (non-hydrogen) atoms. The van der Waals surface area contributed by atoms with Gasteiger partial charge < -0.3 is 9.47 Å². The third-order valence-corrected chi connectivity index (χ3v) is 3.91. The van der Waals surface area contributed by atoms with E-state index in [4.69, 9.17) is 0 Å². The zero-order valence-corrected chi connectivity index (χ0v) is 13.0. The summed E-state index contributed by atoms with van der Waals surface area (Å²) in [7, 11) is 4.31. The van der Waals surface area contributed by atoms with E-state index in [2.05, 4.69) is 66.7 Å². The molecular weight excluding hydrogens is 246 g/mol. The maximum atomic E-state index is 4.60.